The van der Waals surface area contributed by atoms with Crippen LogP contribution in [0.2, 0.25) is 0 Å². The normalized spacial score (nSPS) is 16.6. The molecule has 0 bridgehead atoms. The van der Waals surface area contributed by atoms with E-state index in [-0.39, 0.29) is 11.9 Å². The minimum absolute atomic E-state index is 0.230. The smallest absolute Gasteiger partial charge is 0.310 e. The van der Waals surface area contributed by atoms with Gasteiger partial charge in [0.05, 0.1) is 12.5 Å². The summed E-state index contributed by atoms with van der Waals surface area (Å²) in [4.78, 5) is 40.5. The zero-order chi connectivity index (χ0) is 20.8. The molecule has 1 aliphatic rings. The Morgan fingerprint density at radius 3 is 2.66 bits per heavy atom. The molecule has 0 unspecified atom stereocenters. The standard InChI is InChI=1S/C22H29N3O4/c1-3-24(17-10-6-5-7-11-17)14-12-23-18-19(21(27)20(18)26)25-13-8-9-16(15-25)22(28)29-4-2/h5-7,10-11,16,23H,3-4,8-9,12-15H2,1-2H3/t16-/m0/s1. The Morgan fingerprint density at radius 2 is 1.97 bits per heavy atom. The van der Waals surface area contributed by atoms with Crippen molar-refractivity contribution in [3.8, 4) is 0 Å². The average Bonchev–Trinajstić information content (AvgIpc) is 2.76. The van der Waals surface area contributed by atoms with Crippen molar-refractivity contribution in [3.05, 3.63) is 50.8 Å². The molecular weight excluding hydrogens is 370 g/mol. The molecule has 3 rings (SSSR count). The number of anilines is 3. The molecule has 1 aliphatic heterocycles. The zero-order valence-electron chi connectivity index (χ0n) is 17.1. The number of nitrogens with one attached hydrogen (secondary N) is 1. The van der Waals surface area contributed by atoms with Crippen molar-refractivity contribution in [1.29, 1.82) is 0 Å². The number of piperidine rings is 1. The third-order valence-corrected chi connectivity index (χ3v) is 5.43. The molecule has 0 amide bonds. The second-order valence-corrected chi connectivity index (χ2v) is 7.26. The van der Waals surface area contributed by atoms with Gasteiger partial charge in [-0.25, -0.2) is 0 Å². The summed E-state index contributed by atoms with van der Waals surface area (Å²) in [5.74, 6) is -0.485. The molecule has 1 saturated heterocycles. The largest absolute Gasteiger partial charge is 0.466 e. The summed E-state index contributed by atoms with van der Waals surface area (Å²) in [7, 11) is 0. The molecule has 1 atom stereocenters. The number of ether oxygens (including phenoxy) is 1. The van der Waals surface area contributed by atoms with Crippen LogP contribution in [0.25, 0.3) is 0 Å². The van der Waals surface area contributed by atoms with Crippen molar-refractivity contribution in [2.75, 3.05) is 54.4 Å². The summed E-state index contributed by atoms with van der Waals surface area (Å²) in [5, 5.41) is 3.16. The summed E-state index contributed by atoms with van der Waals surface area (Å²) < 4.78 is 5.13. The average molecular weight is 399 g/mol. The first-order valence-electron chi connectivity index (χ1n) is 10.4. The van der Waals surface area contributed by atoms with Gasteiger partial charge in [0.1, 0.15) is 11.4 Å². The van der Waals surface area contributed by atoms with Crippen molar-refractivity contribution in [2.24, 2.45) is 5.92 Å². The Morgan fingerprint density at radius 1 is 1.21 bits per heavy atom. The number of benzene rings is 1. The highest BCUT2D eigenvalue weighted by Gasteiger charge is 2.32. The van der Waals surface area contributed by atoms with Gasteiger partial charge >= 0.3 is 5.97 Å². The lowest BCUT2D eigenvalue weighted by Gasteiger charge is -2.34. The minimum atomic E-state index is -0.471. The molecule has 2 aromatic rings. The second kappa shape index (κ2) is 9.58. The number of carbonyl (C=O) groups excluding carboxylic acids is 1. The maximum absolute atomic E-state index is 12.2. The summed E-state index contributed by atoms with van der Waals surface area (Å²) in [5.41, 5.74) is 0.985. The van der Waals surface area contributed by atoms with Gasteiger partial charge < -0.3 is 19.9 Å². The number of rotatable bonds is 9. The maximum atomic E-state index is 12.2. The van der Waals surface area contributed by atoms with Crippen molar-refractivity contribution >= 4 is 23.0 Å². The fraction of sp³-hybridized carbons (Fsp3) is 0.500. The molecule has 2 aromatic carbocycles. The van der Waals surface area contributed by atoms with Crippen LogP contribution in [0.15, 0.2) is 39.9 Å². The van der Waals surface area contributed by atoms with Gasteiger partial charge in [-0.15, -0.1) is 0 Å². The number of carbonyl (C=O) groups is 1. The Balaban J connectivity index is 1.63. The van der Waals surface area contributed by atoms with E-state index in [1.807, 2.05) is 23.1 Å². The van der Waals surface area contributed by atoms with Gasteiger partial charge in [-0.1, -0.05) is 18.2 Å². The first-order chi connectivity index (χ1) is 14.1. The highest BCUT2D eigenvalue weighted by molar-refractivity contribution is 5.78. The molecule has 0 radical (unpaired) electrons. The van der Waals surface area contributed by atoms with Gasteiger partial charge in [-0.2, -0.15) is 0 Å². The first kappa shape index (κ1) is 20.9. The zero-order valence-corrected chi connectivity index (χ0v) is 17.1. The molecule has 7 nitrogen and oxygen atoms in total. The second-order valence-electron chi connectivity index (χ2n) is 7.26. The van der Waals surface area contributed by atoms with E-state index in [1.54, 1.807) is 6.92 Å². The van der Waals surface area contributed by atoms with Crippen molar-refractivity contribution in [1.82, 2.24) is 0 Å². The monoisotopic (exact) mass is 399 g/mol. The van der Waals surface area contributed by atoms with Crippen LogP contribution in [0.1, 0.15) is 26.7 Å². The SMILES string of the molecule is CCOC(=O)[C@H]1CCCN(c2c(NCCN(CC)c3ccccc3)c(=O)c2=O)C1. The van der Waals surface area contributed by atoms with Crippen molar-refractivity contribution in [3.63, 3.8) is 0 Å². The van der Waals surface area contributed by atoms with Crippen LogP contribution in [0.4, 0.5) is 17.1 Å². The lowest BCUT2D eigenvalue weighted by atomic mass is 9.96. The van der Waals surface area contributed by atoms with Gasteiger partial charge in [0, 0.05) is 38.4 Å². The van der Waals surface area contributed by atoms with E-state index in [0.29, 0.717) is 44.2 Å². The summed E-state index contributed by atoms with van der Waals surface area (Å²) >= 11 is 0. The number of nitrogens with zero attached hydrogens (tertiary/aromatic N) is 2. The third-order valence-electron chi connectivity index (χ3n) is 5.43. The maximum Gasteiger partial charge on any atom is 0.310 e. The fourth-order valence-corrected chi connectivity index (χ4v) is 3.90. The number of hydrogen-bond donors (Lipinski definition) is 1. The van der Waals surface area contributed by atoms with E-state index in [2.05, 4.69) is 29.3 Å². The lowest BCUT2D eigenvalue weighted by molar-refractivity contribution is -0.148. The predicted molar refractivity (Wildman–Crippen MR) is 116 cm³/mol. The van der Waals surface area contributed by atoms with Crippen LogP contribution < -0.4 is 26.0 Å². The predicted octanol–water partition coefficient (Wildman–Crippen LogP) is 2.00. The number of likely N-dealkylation sites (N-methyl/N-ethyl adjacent to an activating group) is 1. The number of esters is 1. The molecular formula is C22H29N3O4. The Hall–Kier alpha value is -2.83. The Labute approximate surface area is 171 Å². The molecule has 7 heteroatoms. The molecule has 0 aromatic heterocycles. The highest BCUT2D eigenvalue weighted by atomic mass is 16.5. The van der Waals surface area contributed by atoms with Crippen LogP contribution in [0.5, 0.6) is 0 Å². The van der Waals surface area contributed by atoms with E-state index in [9.17, 15) is 14.4 Å². The van der Waals surface area contributed by atoms with Crippen molar-refractivity contribution in [2.45, 2.75) is 26.7 Å². The Bertz CT molecular complexity index is 889. The number of para-hydroxylation sites is 1. The quantitative estimate of drug-likeness (QED) is 0.510. The number of hydrogen-bond acceptors (Lipinski definition) is 7. The third kappa shape index (κ3) is 4.60. The molecule has 156 valence electrons. The molecule has 1 fully saturated rings. The van der Waals surface area contributed by atoms with Crippen LogP contribution in [-0.4, -0.2) is 45.3 Å². The molecule has 1 heterocycles. The van der Waals surface area contributed by atoms with Gasteiger partial charge in [0.15, 0.2) is 0 Å². The van der Waals surface area contributed by atoms with Crippen LogP contribution in [0, 0.1) is 5.92 Å². The lowest BCUT2D eigenvalue weighted by Crippen LogP contribution is -2.48. The summed E-state index contributed by atoms with van der Waals surface area (Å²) in [6.07, 6.45) is 1.54. The summed E-state index contributed by atoms with van der Waals surface area (Å²) in [6.45, 7) is 7.41. The molecule has 0 spiro atoms. The van der Waals surface area contributed by atoms with Crippen molar-refractivity contribution < 1.29 is 9.53 Å². The molecule has 29 heavy (non-hydrogen) atoms. The van der Waals surface area contributed by atoms with Gasteiger partial charge in [0.2, 0.25) is 0 Å². The topological polar surface area (TPSA) is 79.0 Å². The van der Waals surface area contributed by atoms with E-state index in [1.165, 1.54) is 0 Å². The molecule has 1 N–H and O–H groups in total. The van der Waals surface area contributed by atoms with E-state index >= 15 is 0 Å². The van der Waals surface area contributed by atoms with E-state index in [4.69, 9.17) is 4.74 Å². The molecule has 0 aliphatic carbocycles. The highest BCUT2D eigenvalue weighted by Crippen LogP contribution is 2.27. The van der Waals surface area contributed by atoms with Crippen LogP contribution in [0.3, 0.4) is 0 Å². The first-order valence-corrected chi connectivity index (χ1v) is 10.4. The fourth-order valence-electron chi connectivity index (χ4n) is 3.90. The molecule has 0 saturated carbocycles. The van der Waals surface area contributed by atoms with E-state index < -0.39 is 10.9 Å². The van der Waals surface area contributed by atoms with Gasteiger partial charge in [0.25, 0.3) is 10.9 Å². The summed E-state index contributed by atoms with van der Waals surface area (Å²) in [6, 6.07) is 10.1. The minimum Gasteiger partial charge on any atom is -0.466 e. The Kier molecular flexibility index (Phi) is 6.90. The van der Waals surface area contributed by atoms with E-state index in [0.717, 1.165) is 25.1 Å². The van der Waals surface area contributed by atoms with Crippen LogP contribution >= 0.6 is 0 Å². The van der Waals surface area contributed by atoms with Gasteiger partial charge in [-0.05, 0) is 38.8 Å². The van der Waals surface area contributed by atoms with Crippen LogP contribution in [-0.2, 0) is 9.53 Å². The van der Waals surface area contributed by atoms with Gasteiger partial charge in [-0.3, -0.25) is 14.4 Å².